The Morgan fingerprint density at radius 1 is 1.00 bits per heavy atom. The van der Waals surface area contributed by atoms with Crippen molar-refractivity contribution in [1.29, 1.82) is 0 Å². The van der Waals surface area contributed by atoms with Gasteiger partial charge in [-0.3, -0.25) is 4.79 Å². The largest absolute Gasteiger partial charge is 0.484 e. The molecule has 1 N–H and O–H groups in total. The number of nitrogens with zero attached hydrogens (tertiary/aromatic N) is 1. The maximum Gasteiger partial charge on any atom is 0.262 e. The molecule has 4 aromatic rings. The summed E-state index contributed by atoms with van der Waals surface area (Å²) in [6, 6.07) is 21.4. The molecule has 0 bridgehead atoms. The van der Waals surface area contributed by atoms with Gasteiger partial charge in [-0.1, -0.05) is 47.3 Å². The van der Waals surface area contributed by atoms with Crippen LogP contribution in [0.1, 0.15) is 43.6 Å². The third-order valence-electron chi connectivity index (χ3n) is 6.09. The number of hydrogen-bond donors (Lipinski definition) is 1. The molecule has 5 rings (SSSR count). The lowest BCUT2D eigenvalue weighted by Gasteiger charge is -2.22. The van der Waals surface area contributed by atoms with Crippen LogP contribution in [0.25, 0.3) is 22.6 Å². The van der Waals surface area contributed by atoms with E-state index in [0.29, 0.717) is 34.3 Å². The first-order valence-corrected chi connectivity index (χ1v) is 12.1. The van der Waals surface area contributed by atoms with Crippen LogP contribution in [0.3, 0.4) is 0 Å². The highest BCUT2D eigenvalue weighted by Gasteiger charge is 2.15. The van der Waals surface area contributed by atoms with Gasteiger partial charge in [-0.15, -0.1) is 0 Å². The average molecular weight is 505 g/mol. The van der Waals surface area contributed by atoms with E-state index in [0.717, 1.165) is 10.0 Å². The van der Waals surface area contributed by atoms with Gasteiger partial charge in [-0.05, 0) is 78.9 Å². The van der Waals surface area contributed by atoms with Gasteiger partial charge in [0.25, 0.3) is 5.91 Å². The monoisotopic (exact) mass is 504 g/mol. The Hall–Kier alpha value is -3.12. The molecule has 1 amide bonds. The Balaban J connectivity index is 1.19. The van der Waals surface area contributed by atoms with Gasteiger partial charge in [-0.25, -0.2) is 4.98 Å². The molecule has 0 radical (unpaired) electrons. The van der Waals surface area contributed by atoms with E-state index >= 15 is 0 Å². The molecule has 0 aliphatic heterocycles. The van der Waals surface area contributed by atoms with Crippen LogP contribution in [-0.2, 0) is 4.79 Å². The number of hydrogen-bond acceptors (Lipinski definition) is 4. The van der Waals surface area contributed by atoms with Crippen molar-refractivity contribution < 1.29 is 13.9 Å². The van der Waals surface area contributed by atoms with Crippen molar-refractivity contribution in [3.63, 3.8) is 0 Å². The van der Waals surface area contributed by atoms with Gasteiger partial charge in [0.15, 0.2) is 12.2 Å². The Morgan fingerprint density at radius 2 is 1.76 bits per heavy atom. The second kappa shape index (κ2) is 9.79. The van der Waals surface area contributed by atoms with E-state index < -0.39 is 0 Å². The minimum absolute atomic E-state index is 0.0518. The van der Waals surface area contributed by atoms with Crippen molar-refractivity contribution in [2.45, 2.75) is 38.0 Å². The van der Waals surface area contributed by atoms with Crippen LogP contribution < -0.4 is 10.1 Å². The smallest absolute Gasteiger partial charge is 0.262 e. The molecule has 5 nitrogen and oxygen atoms in total. The summed E-state index contributed by atoms with van der Waals surface area (Å²) >= 11 is 3.43. The van der Waals surface area contributed by atoms with Gasteiger partial charge < -0.3 is 14.5 Å². The quantitative estimate of drug-likeness (QED) is 0.298. The number of ether oxygens (including phenoxy) is 1. The first kappa shape index (κ1) is 21.7. The molecule has 1 aliphatic carbocycles. The van der Waals surface area contributed by atoms with E-state index in [1.807, 2.05) is 42.5 Å². The zero-order valence-corrected chi connectivity index (χ0v) is 19.8. The van der Waals surface area contributed by atoms with Crippen molar-refractivity contribution in [3.8, 4) is 17.2 Å². The van der Waals surface area contributed by atoms with Crippen molar-refractivity contribution >= 4 is 38.6 Å². The highest BCUT2D eigenvalue weighted by atomic mass is 79.9. The number of oxazole rings is 1. The summed E-state index contributed by atoms with van der Waals surface area (Å²) < 4.78 is 12.5. The Bertz CT molecular complexity index is 1240. The summed E-state index contributed by atoms with van der Waals surface area (Å²) in [4.78, 5) is 17.0. The fraction of sp³-hybridized carbons (Fsp3) is 0.259. The van der Waals surface area contributed by atoms with Crippen molar-refractivity contribution in [2.24, 2.45) is 0 Å². The molecule has 3 aromatic carbocycles. The van der Waals surface area contributed by atoms with Gasteiger partial charge in [0.05, 0.1) is 0 Å². The fourth-order valence-corrected chi connectivity index (χ4v) is 4.60. The highest BCUT2D eigenvalue weighted by molar-refractivity contribution is 9.10. The minimum Gasteiger partial charge on any atom is -0.484 e. The van der Waals surface area contributed by atoms with Gasteiger partial charge in [0.1, 0.15) is 11.3 Å². The number of rotatable bonds is 6. The van der Waals surface area contributed by atoms with Crippen LogP contribution >= 0.6 is 15.9 Å². The van der Waals surface area contributed by atoms with Crippen LogP contribution in [0.4, 0.5) is 5.69 Å². The average Bonchev–Trinajstić information content (AvgIpc) is 3.27. The van der Waals surface area contributed by atoms with Gasteiger partial charge in [0, 0.05) is 15.7 Å². The zero-order valence-electron chi connectivity index (χ0n) is 18.2. The molecular formula is C27H25BrN2O3. The molecule has 1 saturated carbocycles. The number of halogens is 1. The molecular weight excluding hydrogens is 480 g/mol. The second-order valence-electron chi connectivity index (χ2n) is 8.45. The van der Waals surface area contributed by atoms with Crippen LogP contribution in [0.5, 0.6) is 5.75 Å². The van der Waals surface area contributed by atoms with Gasteiger partial charge in [-0.2, -0.15) is 0 Å². The van der Waals surface area contributed by atoms with E-state index in [1.165, 1.54) is 37.7 Å². The van der Waals surface area contributed by atoms with E-state index in [9.17, 15) is 4.79 Å². The third-order valence-corrected chi connectivity index (χ3v) is 6.62. The summed E-state index contributed by atoms with van der Waals surface area (Å²) in [5.41, 5.74) is 4.27. The van der Waals surface area contributed by atoms with Crippen LogP contribution in [0, 0.1) is 0 Å². The first-order valence-electron chi connectivity index (χ1n) is 11.3. The molecule has 1 heterocycles. The molecule has 1 fully saturated rings. The molecule has 1 aliphatic rings. The lowest BCUT2D eigenvalue weighted by Crippen LogP contribution is -2.20. The summed E-state index contributed by atoms with van der Waals surface area (Å²) in [5.74, 6) is 1.69. The van der Waals surface area contributed by atoms with Gasteiger partial charge in [0.2, 0.25) is 5.89 Å². The zero-order chi connectivity index (χ0) is 22.6. The highest BCUT2D eigenvalue weighted by Crippen LogP contribution is 2.33. The maximum absolute atomic E-state index is 12.4. The Labute approximate surface area is 201 Å². The first-order chi connectivity index (χ1) is 16.1. The molecule has 0 spiro atoms. The van der Waals surface area contributed by atoms with Gasteiger partial charge >= 0.3 is 0 Å². The summed E-state index contributed by atoms with van der Waals surface area (Å²) in [7, 11) is 0. The molecule has 33 heavy (non-hydrogen) atoms. The van der Waals surface area contributed by atoms with Crippen LogP contribution in [-0.4, -0.2) is 17.5 Å². The lowest BCUT2D eigenvalue weighted by atomic mass is 9.84. The summed E-state index contributed by atoms with van der Waals surface area (Å²) in [5, 5.41) is 2.87. The minimum atomic E-state index is -0.220. The maximum atomic E-state index is 12.4. The van der Waals surface area contributed by atoms with Crippen molar-refractivity contribution in [2.75, 3.05) is 11.9 Å². The number of carbonyl (C=O) groups excluding carboxylic acids is 1. The third kappa shape index (κ3) is 5.28. The van der Waals surface area contributed by atoms with E-state index in [-0.39, 0.29) is 12.5 Å². The number of anilines is 1. The molecule has 6 heteroatoms. The van der Waals surface area contributed by atoms with E-state index in [4.69, 9.17) is 9.15 Å². The predicted octanol–water partition coefficient (Wildman–Crippen LogP) is 7.32. The fourth-order valence-electron chi connectivity index (χ4n) is 4.34. The van der Waals surface area contributed by atoms with Crippen LogP contribution in [0.2, 0.25) is 0 Å². The molecule has 0 unspecified atom stereocenters. The van der Waals surface area contributed by atoms with Crippen LogP contribution in [0.15, 0.2) is 75.6 Å². The molecule has 0 atom stereocenters. The molecule has 0 saturated heterocycles. The number of carbonyl (C=O) groups is 1. The molecule has 168 valence electrons. The van der Waals surface area contributed by atoms with Crippen molar-refractivity contribution in [1.82, 2.24) is 4.98 Å². The normalized spacial score (nSPS) is 14.3. The Kier molecular flexibility index (Phi) is 6.44. The topological polar surface area (TPSA) is 64.4 Å². The van der Waals surface area contributed by atoms with E-state index in [1.54, 1.807) is 12.1 Å². The Morgan fingerprint density at radius 3 is 2.52 bits per heavy atom. The number of nitrogens with one attached hydrogen (secondary N) is 1. The standard InChI is InChI=1S/C27H25BrN2O3/c28-21-10-6-20(7-11-21)27-30-24-16-22(12-15-25(24)33-27)29-26(31)17-32-23-13-8-19(9-14-23)18-4-2-1-3-5-18/h6-16,18H,1-5,17H2,(H,29,31). The predicted molar refractivity (Wildman–Crippen MR) is 134 cm³/mol. The van der Waals surface area contributed by atoms with Crippen molar-refractivity contribution in [3.05, 3.63) is 76.8 Å². The number of benzene rings is 3. The second-order valence-corrected chi connectivity index (χ2v) is 9.36. The SMILES string of the molecule is O=C(COc1ccc(C2CCCCC2)cc1)Nc1ccc2oc(-c3ccc(Br)cc3)nc2c1. The molecule has 1 aromatic heterocycles. The summed E-state index contributed by atoms with van der Waals surface area (Å²) in [6.45, 7) is -0.0518. The lowest BCUT2D eigenvalue weighted by molar-refractivity contribution is -0.118. The number of aromatic nitrogens is 1. The number of amides is 1. The van der Waals surface area contributed by atoms with E-state index in [2.05, 4.69) is 38.4 Å². The number of fused-ring (bicyclic) bond motifs is 1. The summed E-state index contributed by atoms with van der Waals surface area (Å²) in [6.07, 6.45) is 6.51.